The maximum absolute atomic E-state index is 13.2. The summed E-state index contributed by atoms with van der Waals surface area (Å²) < 4.78 is 13.2. The molecule has 0 amide bonds. The number of nitrogens with zero attached hydrogens (tertiary/aromatic N) is 2. The second-order valence-corrected chi connectivity index (χ2v) is 5.98. The topological polar surface area (TPSA) is 28.2 Å². The summed E-state index contributed by atoms with van der Waals surface area (Å²) in [5, 5.41) is 6.36. The molecule has 5 heteroatoms. The lowest BCUT2D eigenvalue weighted by Gasteiger charge is -2.15. The highest BCUT2D eigenvalue weighted by Gasteiger charge is 2.08. The highest BCUT2D eigenvalue weighted by Crippen LogP contribution is 2.21. The monoisotopic (exact) mass is 293 g/mol. The van der Waals surface area contributed by atoms with Crippen LogP contribution in [-0.4, -0.2) is 18.1 Å². The van der Waals surface area contributed by atoms with Gasteiger partial charge >= 0.3 is 0 Å². The van der Waals surface area contributed by atoms with E-state index in [-0.39, 0.29) is 5.82 Å². The number of nitrogens with one attached hydrogen (secondary N) is 1. The Morgan fingerprint density at radius 1 is 1.40 bits per heavy atom. The highest BCUT2D eigenvalue weighted by molar-refractivity contribution is 7.13. The van der Waals surface area contributed by atoms with Crippen LogP contribution >= 0.6 is 11.3 Å². The predicted octanol–water partition coefficient (Wildman–Crippen LogP) is 3.42. The lowest BCUT2D eigenvalue weighted by Crippen LogP contribution is -2.22. The molecule has 0 bridgehead atoms. The molecule has 0 atom stereocenters. The quantitative estimate of drug-likeness (QED) is 0.884. The second-order valence-electron chi connectivity index (χ2n) is 5.14. The third-order valence-electron chi connectivity index (χ3n) is 2.87. The molecule has 2 rings (SSSR count). The predicted molar refractivity (Wildman–Crippen MR) is 82.6 cm³/mol. The first kappa shape index (κ1) is 14.9. The molecule has 1 aromatic carbocycles. The molecule has 0 aliphatic heterocycles. The van der Waals surface area contributed by atoms with E-state index < -0.39 is 0 Å². The van der Waals surface area contributed by atoms with Crippen molar-refractivity contribution in [2.24, 2.45) is 0 Å². The van der Waals surface area contributed by atoms with Crippen molar-refractivity contribution in [3.05, 3.63) is 46.7 Å². The van der Waals surface area contributed by atoms with Gasteiger partial charge in [0.05, 0.1) is 5.69 Å². The summed E-state index contributed by atoms with van der Waals surface area (Å²) in [5.41, 5.74) is 1.99. The Kier molecular flexibility index (Phi) is 5.09. The van der Waals surface area contributed by atoms with Gasteiger partial charge in [0.1, 0.15) is 5.82 Å². The van der Waals surface area contributed by atoms with E-state index in [1.807, 2.05) is 18.0 Å². The van der Waals surface area contributed by atoms with Gasteiger partial charge in [-0.2, -0.15) is 0 Å². The minimum absolute atomic E-state index is 0.197. The van der Waals surface area contributed by atoms with Gasteiger partial charge < -0.3 is 10.2 Å². The Morgan fingerprint density at radius 2 is 2.20 bits per heavy atom. The van der Waals surface area contributed by atoms with Crippen LogP contribution in [0, 0.1) is 5.82 Å². The van der Waals surface area contributed by atoms with Gasteiger partial charge in [-0.1, -0.05) is 26.0 Å². The molecule has 0 aliphatic rings. The van der Waals surface area contributed by atoms with Crippen molar-refractivity contribution in [1.29, 1.82) is 0 Å². The molecule has 0 spiro atoms. The largest absolute Gasteiger partial charge is 0.347 e. The fourth-order valence-corrected chi connectivity index (χ4v) is 2.63. The number of aromatic nitrogens is 1. The molecule has 0 aliphatic carbocycles. The molecule has 0 saturated heterocycles. The van der Waals surface area contributed by atoms with Gasteiger partial charge in [0.15, 0.2) is 5.13 Å². The number of anilines is 1. The first-order chi connectivity index (χ1) is 9.54. The maximum Gasteiger partial charge on any atom is 0.185 e. The third-order valence-corrected chi connectivity index (χ3v) is 3.87. The van der Waals surface area contributed by atoms with Crippen LogP contribution in [0.4, 0.5) is 9.52 Å². The number of halogens is 1. The van der Waals surface area contributed by atoms with Crippen molar-refractivity contribution in [3.63, 3.8) is 0 Å². The van der Waals surface area contributed by atoms with Crippen LogP contribution in [0.25, 0.3) is 0 Å². The summed E-state index contributed by atoms with van der Waals surface area (Å²) in [7, 11) is 1.98. The van der Waals surface area contributed by atoms with Gasteiger partial charge in [0.25, 0.3) is 0 Å². The highest BCUT2D eigenvalue weighted by atomic mass is 32.1. The molecular formula is C15H20FN3S. The van der Waals surface area contributed by atoms with E-state index in [9.17, 15) is 4.39 Å². The van der Waals surface area contributed by atoms with Crippen LogP contribution in [0.2, 0.25) is 0 Å². The van der Waals surface area contributed by atoms with Crippen LogP contribution in [0.3, 0.4) is 0 Å². The van der Waals surface area contributed by atoms with Crippen LogP contribution in [-0.2, 0) is 13.1 Å². The van der Waals surface area contributed by atoms with Crippen molar-refractivity contribution in [1.82, 2.24) is 10.3 Å². The van der Waals surface area contributed by atoms with E-state index in [1.54, 1.807) is 23.5 Å². The number of thiazole rings is 1. The van der Waals surface area contributed by atoms with Crippen molar-refractivity contribution < 1.29 is 4.39 Å². The molecule has 0 saturated carbocycles. The van der Waals surface area contributed by atoms with E-state index >= 15 is 0 Å². The molecule has 0 unspecified atom stereocenters. The van der Waals surface area contributed by atoms with E-state index in [0.29, 0.717) is 12.6 Å². The van der Waals surface area contributed by atoms with Crippen LogP contribution in [0.15, 0.2) is 29.6 Å². The minimum atomic E-state index is -0.197. The molecule has 0 radical (unpaired) electrons. The molecule has 0 fully saturated rings. The number of rotatable bonds is 6. The van der Waals surface area contributed by atoms with E-state index in [0.717, 1.165) is 22.9 Å². The Hall–Kier alpha value is -1.46. The Morgan fingerprint density at radius 3 is 2.90 bits per heavy atom. The Balaban J connectivity index is 1.97. The van der Waals surface area contributed by atoms with Gasteiger partial charge in [-0.3, -0.25) is 0 Å². The second kappa shape index (κ2) is 6.81. The van der Waals surface area contributed by atoms with Gasteiger partial charge in [-0.25, -0.2) is 9.37 Å². The molecule has 108 valence electrons. The summed E-state index contributed by atoms with van der Waals surface area (Å²) in [4.78, 5) is 6.63. The average molecular weight is 293 g/mol. The molecule has 3 nitrogen and oxygen atoms in total. The lowest BCUT2D eigenvalue weighted by molar-refractivity contribution is 0.583. The summed E-state index contributed by atoms with van der Waals surface area (Å²) in [6.07, 6.45) is 0. The molecule has 1 aromatic heterocycles. The van der Waals surface area contributed by atoms with Crippen LogP contribution < -0.4 is 10.2 Å². The fraction of sp³-hybridized carbons (Fsp3) is 0.400. The Labute approximate surface area is 123 Å². The Bertz CT molecular complexity index is 554. The zero-order valence-corrected chi connectivity index (χ0v) is 12.9. The van der Waals surface area contributed by atoms with E-state index in [1.165, 1.54) is 6.07 Å². The molecule has 2 aromatic rings. The summed E-state index contributed by atoms with van der Waals surface area (Å²) in [5.74, 6) is -0.197. The van der Waals surface area contributed by atoms with Crippen LogP contribution in [0.1, 0.15) is 25.1 Å². The SMILES string of the molecule is CC(C)NCc1csc(N(C)Cc2cccc(F)c2)n1. The third kappa shape index (κ3) is 4.28. The van der Waals surface area contributed by atoms with E-state index in [4.69, 9.17) is 0 Å². The van der Waals surface area contributed by atoms with E-state index in [2.05, 4.69) is 29.5 Å². The molecule has 20 heavy (non-hydrogen) atoms. The number of hydrogen-bond acceptors (Lipinski definition) is 4. The normalized spacial score (nSPS) is 11.1. The summed E-state index contributed by atoms with van der Waals surface area (Å²) >= 11 is 1.61. The zero-order chi connectivity index (χ0) is 14.5. The van der Waals surface area contributed by atoms with Crippen molar-refractivity contribution in [3.8, 4) is 0 Å². The first-order valence-electron chi connectivity index (χ1n) is 6.68. The van der Waals surface area contributed by atoms with Gasteiger partial charge in [-0.15, -0.1) is 11.3 Å². The smallest absolute Gasteiger partial charge is 0.185 e. The van der Waals surface area contributed by atoms with Crippen LogP contribution in [0.5, 0.6) is 0 Å². The number of hydrogen-bond donors (Lipinski definition) is 1. The molecule has 1 N–H and O–H groups in total. The summed E-state index contributed by atoms with van der Waals surface area (Å²) in [6.45, 7) is 5.66. The summed E-state index contributed by atoms with van der Waals surface area (Å²) in [6, 6.07) is 7.13. The van der Waals surface area contributed by atoms with Crippen molar-refractivity contribution in [2.75, 3.05) is 11.9 Å². The maximum atomic E-state index is 13.2. The standard InChI is InChI=1S/C15H20FN3S/c1-11(2)17-8-14-10-20-15(18-14)19(3)9-12-5-4-6-13(16)7-12/h4-7,10-11,17H,8-9H2,1-3H3. The van der Waals surface area contributed by atoms with Crippen molar-refractivity contribution >= 4 is 16.5 Å². The fourth-order valence-electron chi connectivity index (χ4n) is 1.84. The molecular weight excluding hydrogens is 273 g/mol. The first-order valence-corrected chi connectivity index (χ1v) is 7.56. The van der Waals surface area contributed by atoms with Crippen molar-refractivity contribution in [2.45, 2.75) is 33.0 Å². The average Bonchev–Trinajstić information content (AvgIpc) is 2.85. The number of benzene rings is 1. The zero-order valence-electron chi connectivity index (χ0n) is 12.1. The van der Waals surface area contributed by atoms with Gasteiger partial charge in [0, 0.05) is 31.6 Å². The minimum Gasteiger partial charge on any atom is -0.347 e. The van der Waals surface area contributed by atoms with Gasteiger partial charge in [0.2, 0.25) is 0 Å². The van der Waals surface area contributed by atoms with Gasteiger partial charge in [-0.05, 0) is 17.7 Å². The lowest BCUT2D eigenvalue weighted by atomic mass is 10.2. The molecule has 1 heterocycles.